The van der Waals surface area contributed by atoms with Crippen LogP contribution in [-0.2, 0) is 28.1 Å². The molecule has 3 saturated carbocycles. The molecule has 0 aromatic carbocycles. The van der Waals surface area contributed by atoms with Crippen molar-refractivity contribution in [3.63, 3.8) is 0 Å². The maximum Gasteiger partial charge on any atom is 0.397 e. The Bertz CT molecular complexity index is 968. The van der Waals surface area contributed by atoms with Crippen molar-refractivity contribution in [2.24, 2.45) is 52.8 Å². The van der Waals surface area contributed by atoms with Crippen LogP contribution >= 0.6 is 12.3 Å². The Morgan fingerprint density at radius 2 is 1.95 bits per heavy atom. The van der Waals surface area contributed by atoms with E-state index in [1.807, 2.05) is 19.9 Å². The second-order valence-electron chi connectivity index (χ2n) is 12.5. The van der Waals surface area contributed by atoms with Crippen LogP contribution in [0.3, 0.4) is 0 Å². The molecule has 0 aromatic heterocycles. The molecule has 0 heterocycles. The molecule has 0 aromatic rings. The molecule has 10 atom stereocenters. The lowest BCUT2D eigenvalue weighted by atomic mass is 9.49. The number of allylic oxidation sites excluding steroid dienone is 2. The zero-order valence-electron chi connectivity index (χ0n) is 22.8. The van der Waals surface area contributed by atoms with Crippen molar-refractivity contribution < 1.29 is 41.1 Å². The van der Waals surface area contributed by atoms with Gasteiger partial charge in [-0.25, -0.2) is 9.44 Å². The third kappa shape index (κ3) is 6.69. The molecular weight excluding hydrogens is 532 g/mol. The molecule has 4 aliphatic carbocycles. The van der Waals surface area contributed by atoms with Crippen LogP contribution in [0.4, 0.5) is 0 Å². The van der Waals surface area contributed by atoms with Gasteiger partial charge < -0.3 is 5.11 Å². The summed E-state index contributed by atoms with van der Waals surface area (Å²) >= 11 is 0.658. The molecule has 4 rings (SSSR count). The van der Waals surface area contributed by atoms with Crippen LogP contribution in [0, 0.1) is 52.8 Å². The quantitative estimate of drug-likeness (QED) is 0.0692. The number of hydrogen-bond donors (Lipinski definition) is 3. The van der Waals surface area contributed by atoms with Gasteiger partial charge in [-0.05, 0) is 91.8 Å². The third-order valence-corrected chi connectivity index (χ3v) is 11.2. The summed E-state index contributed by atoms with van der Waals surface area (Å²) in [6.45, 7) is 8.50. The lowest BCUT2D eigenvalue weighted by Gasteiger charge is -2.56. The molecule has 38 heavy (non-hydrogen) atoms. The minimum atomic E-state index is -4.46. The van der Waals surface area contributed by atoms with Gasteiger partial charge in [-0.2, -0.15) is 8.42 Å². The summed E-state index contributed by atoms with van der Waals surface area (Å²) in [5.74, 6) is 2.48. The van der Waals surface area contributed by atoms with Crippen LogP contribution in [0.25, 0.3) is 0 Å². The normalized spacial score (nSPS) is 38.9. The minimum Gasteiger partial charge on any atom is -0.393 e. The Morgan fingerprint density at radius 3 is 2.63 bits per heavy atom. The Kier molecular flexibility index (Phi) is 10.1. The Balaban J connectivity index is 1.43. The molecule has 218 valence electrons. The van der Waals surface area contributed by atoms with E-state index in [9.17, 15) is 13.5 Å². The van der Waals surface area contributed by atoms with Gasteiger partial charge in [-0.3, -0.25) is 8.74 Å². The van der Waals surface area contributed by atoms with Gasteiger partial charge in [-0.15, -0.1) is 4.33 Å². The van der Waals surface area contributed by atoms with Crippen molar-refractivity contribution in [2.45, 2.75) is 84.8 Å². The third-order valence-electron chi connectivity index (χ3n) is 10.3. The summed E-state index contributed by atoms with van der Waals surface area (Å²) in [4.78, 5) is 0. The maximum absolute atomic E-state index is 11.5. The molecule has 0 amide bonds. The van der Waals surface area contributed by atoms with E-state index >= 15 is 0 Å². The Labute approximate surface area is 231 Å². The first kappa shape index (κ1) is 30.5. The van der Waals surface area contributed by atoms with Crippen molar-refractivity contribution in [3.8, 4) is 0 Å². The van der Waals surface area contributed by atoms with Gasteiger partial charge in [-0.1, -0.05) is 56.5 Å². The van der Waals surface area contributed by atoms with Crippen molar-refractivity contribution in [2.75, 3.05) is 6.61 Å². The maximum atomic E-state index is 11.5. The first-order valence-corrected chi connectivity index (χ1v) is 16.0. The smallest absolute Gasteiger partial charge is 0.393 e. The molecule has 3 N–H and O–H groups in total. The van der Waals surface area contributed by atoms with E-state index in [1.54, 1.807) is 0 Å². The average Bonchev–Trinajstić information content (AvgIpc) is 3.30. The second-order valence-corrected chi connectivity index (χ2v) is 14.0. The molecular formula is C27H44O9S2. The van der Waals surface area contributed by atoms with E-state index in [1.165, 1.54) is 5.57 Å². The van der Waals surface area contributed by atoms with Crippen LogP contribution in [0.1, 0.15) is 72.6 Å². The number of hydrogen-bond acceptors (Lipinski definition) is 9. The van der Waals surface area contributed by atoms with Crippen LogP contribution in [-0.4, -0.2) is 42.1 Å². The highest BCUT2D eigenvalue weighted by Gasteiger charge is 2.57. The fourth-order valence-electron chi connectivity index (χ4n) is 8.21. The number of aliphatic hydroxyl groups is 1. The molecule has 4 aliphatic rings. The Morgan fingerprint density at radius 1 is 1.18 bits per heavy atom. The summed E-state index contributed by atoms with van der Waals surface area (Å²) in [7, 11) is -4.46. The summed E-state index contributed by atoms with van der Waals surface area (Å²) in [6.07, 6.45) is 13.1. The van der Waals surface area contributed by atoms with Crippen molar-refractivity contribution >= 4 is 22.7 Å². The molecule has 0 radical (unpaired) electrons. The standard InChI is InChI=1S/C27H44O9S2/c1-16(2)18(15-33-38(30,31)32)6-5-17(3)21-9-10-23-22-8-7-19-13-20(34-37-36-35-29)11-12-27(19,4)24(22)14-25(28)26(21)23/h5-7,16-18,20-26,28-29H,8-15H2,1-4H3,(H,30,31,32)/b6-5+/t17-,18+,20+,21-,22?,23?,24?,25+,26-,27+/m1/s1. The predicted molar refractivity (Wildman–Crippen MR) is 143 cm³/mol. The molecule has 11 heteroatoms. The number of fused-ring (bicyclic) bond motifs is 5. The second kappa shape index (κ2) is 12.6. The highest BCUT2D eigenvalue weighted by atomic mass is 32.3. The molecule has 0 aliphatic heterocycles. The van der Waals surface area contributed by atoms with Crippen LogP contribution in [0.5, 0.6) is 0 Å². The monoisotopic (exact) mass is 576 g/mol. The summed E-state index contributed by atoms with van der Waals surface area (Å²) in [5, 5.41) is 23.5. The molecule has 3 fully saturated rings. The summed E-state index contributed by atoms with van der Waals surface area (Å²) < 4.78 is 45.7. The average molecular weight is 577 g/mol. The number of rotatable bonds is 11. The van der Waals surface area contributed by atoms with E-state index in [0.717, 1.165) is 44.9 Å². The van der Waals surface area contributed by atoms with E-state index in [2.05, 4.69) is 39.6 Å². The van der Waals surface area contributed by atoms with Gasteiger partial charge in [0.2, 0.25) is 0 Å². The van der Waals surface area contributed by atoms with Crippen LogP contribution in [0.2, 0.25) is 0 Å². The first-order valence-electron chi connectivity index (χ1n) is 13.9. The lowest BCUT2D eigenvalue weighted by molar-refractivity contribution is -0.434. The predicted octanol–water partition coefficient (Wildman–Crippen LogP) is 5.80. The minimum absolute atomic E-state index is 0.00772. The van der Waals surface area contributed by atoms with Crippen LogP contribution < -0.4 is 0 Å². The Hall–Kier alpha value is -0.500. The van der Waals surface area contributed by atoms with E-state index in [-0.39, 0.29) is 47.9 Å². The van der Waals surface area contributed by atoms with Crippen LogP contribution in [0.15, 0.2) is 23.8 Å². The fraction of sp³-hybridized carbons (Fsp3) is 0.852. The highest BCUT2D eigenvalue weighted by molar-refractivity contribution is 7.89. The van der Waals surface area contributed by atoms with Crippen molar-refractivity contribution in [3.05, 3.63) is 23.8 Å². The molecule has 0 bridgehead atoms. The fourth-order valence-corrected chi connectivity index (χ4v) is 8.88. The van der Waals surface area contributed by atoms with E-state index in [4.69, 9.17) is 14.0 Å². The largest absolute Gasteiger partial charge is 0.397 e. The first-order chi connectivity index (χ1) is 17.9. The molecule has 9 nitrogen and oxygen atoms in total. The van der Waals surface area contributed by atoms with Crippen molar-refractivity contribution in [1.29, 1.82) is 0 Å². The zero-order chi connectivity index (χ0) is 27.7. The van der Waals surface area contributed by atoms with Gasteiger partial charge in [0.25, 0.3) is 0 Å². The SMILES string of the molecule is CC(C)[C@@H](/C=C/[C@@H](C)[C@H]1CCC2C3CC=C4C[C@@H](OSOOO)CC[C@]4(C)C3C[C@H](O)[C@@H]21)COS(=O)(=O)O. The summed E-state index contributed by atoms with van der Waals surface area (Å²) in [6, 6.07) is 0. The topological polar surface area (TPSA) is 132 Å². The summed E-state index contributed by atoms with van der Waals surface area (Å²) in [5.41, 5.74) is 1.48. The zero-order valence-corrected chi connectivity index (χ0v) is 24.4. The van der Waals surface area contributed by atoms with Gasteiger partial charge in [0.05, 0.1) is 18.8 Å². The van der Waals surface area contributed by atoms with Gasteiger partial charge in [0.1, 0.15) is 0 Å². The van der Waals surface area contributed by atoms with Gasteiger partial charge in [0.15, 0.2) is 12.3 Å². The van der Waals surface area contributed by atoms with E-state index < -0.39 is 10.4 Å². The highest BCUT2D eigenvalue weighted by Crippen LogP contribution is 2.63. The van der Waals surface area contributed by atoms with E-state index in [0.29, 0.717) is 36.0 Å². The molecule has 0 spiro atoms. The molecule has 0 saturated heterocycles. The molecule has 3 unspecified atom stereocenters. The van der Waals surface area contributed by atoms with Gasteiger partial charge in [0, 0.05) is 5.92 Å². The van der Waals surface area contributed by atoms with Crippen molar-refractivity contribution in [1.82, 2.24) is 0 Å². The van der Waals surface area contributed by atoms with Gasteiger partial charge >= 0.3 is 10.4 Å². The lowest BCUT2D eigenvalue weighted by Crippen LogP contribution is -2.52. The number of aliphatic hydroxyl groups excluding tert-OH is 1.